The number of nitriles is 1. The Bertz CT molecular complexity index is 718. The summed E-state index contributed by atoms with van der Waals surface area (Å²) in [5, 5.41) is 9.90. The van der Waals surface area contributed by atoms with Crippen LogP contribution in [0.4, 0.5) is 0 Å². The van der Waals surface area contributed by atoms with Gasteiger partial charge in [0.15, 0.2) is 0 Å². The van der Waals surface area contributed by atoms with Gasteiger partial charge in [-0.15, -0.1) is 0 Å². The average Bonchev–Trinajstić information content (AvgIpc) is 2.68. The maximum absolute atomic E-state index is 9.90. The lowest BCUT2D eigenvalue weighted by molar-refractivity contribution is 0.380. The van der Waals surface area contributed by atoms with Crippen LogP contribution in [-0.4, -0.2) is 25.5 Å². The molecule has 0 bridgehead atoms. The molecular formula is C20H22N2S. The Hall–Kier alpha value is -1.76. The summed E-state index contributed by atoms with van der Waals surface area (Å²) in [6.45, 7) is 1.06. The summed E-state index contributed by atoms with van der Waals surface area (Å²) in [7, 11) is 4.21. The molecule has 0 spiro atoms. The number of rotatable bonds is 4. The summed E-state index contributed by atoms with van der Waals surface area (Å²) in [6, 6.07) is 19.6. The Morgan fingerprint density at radius 1 is 1.00 bits per heavy atom. The monoisotopic (exact) mass is 322 g/mol. The predicted octanol–water partition coefficient (Wildman–Crippen LogP) is 4.88. The maximum atomic E-state index is 9.90. The molecule has 0 N–H and O–H groups in total. The first kappa shape index (κ1) is 16.1. The second kappa shape index (κ2) is 7.21. The van der Waals surface area contributed by atoms with Crippen LogP contribution in [-0.2, 0) is 0 Å². The van der Waals surface area contributed by atoms with Gasteiger partial charge in [-0.05, 0) is 56.7 Å². The van der Waals surface area contributed by atoms with E-state index in [0.717, 1.165) is 19.4 Å². The van der Waals surface area contributed by atoms with Gasteiger partial charge in [-0.2, -0.15) is 5.26 Å². The summed E-state index contributed by atoms with van der Waals surface area (Å²) in [4.78, 5) is 4.74. The molecule has 2 aromatic carbocycles. The van der Waals surface area contributed by atoms with Crippen molar-refractivity contribution in [3.8, 4) is 6.07 Å². The van der Waals surface area contributed by atoms with E-state index in [1.807, 2.05) is 0 Å². The maximum Gasteiger partial charge on any atom is 0.0792 e. The zero-order chi connectivity index (χ0) is 16.2. The summed E-state index contributed by atoms with van der Waals surface area (Å²) >= 11 is 1.80. The standard InChI is InChI=1S/C20H22N2S/c1-22(2)13-7-10-15-16-8-3-5-11-19(16)23-20-12-6-4-9-17(20)18(15)14-21/h3-6,8-9,11-12,15,18H,7,10,13H2,1-2H3. The third-order valence-electron chi connectivity index (χ3n) is 4.45. The van der Waals surface area contributed by atoms with Gasteiger partial charge in [-0.25, -0.2) is 0 Å². The lowest BCUT2D eigenvalue weighted by atomic mass is 9.79. The van der Waals surface area contributed by atoms with Gasteiger partial charge in [0.1, 0.15) is 0 Å². The van der Waals surface area contributed by atoms with Gasteiger partial charge in [0.25, 0.3) is 0 Å². The molecule has 3 rings (SSSR count). The van der Waals surface area contributed by atoms with Crippen molar-refractivity contribution in [1.82, 2.24) is 4.90 Å². The molecule has 0 fully saturated rings. The molecule has 118 valence electrons. The number of fused-ring (bicyclic) bond motifs is 2. The highest BCUT2D eigenvalue weighted by molar-refractivity contribution is 7.99. The van der Waals surface area contributed by atoms with Gasteiger partial charge in [0.2, 0.25) is 0 Å². The molecule has 0 saturated heterocycles. The second-order valence-corrected chi connectivity index (χ2v) is 7.42. The molecule has 1 aliphatic rings. The van der Waals surface area contributed by atoms with Gasteiger partial charge in [-0.1, -0.05) is 48.2 Å². The molecule has 0 saturated carbocycles. The zero-order valence-corrected chi connectivity index (χ0v) is 14.5. The van der Waals surface area contributed by atoms with Gasteiger partial charge >= 0.3 is 0 Å². The minimum absolute atomic E-state index is 0.0653. The first-order chi connectivity index (χ1) is 11.2. The summed E-state index contributed by atoms with van der Waals surface area (Å²) < 4.78 is 0. The largest absolute Gasteiger partial charge is 0.309 e. The molecule has 1 heterocycles. The highest BCUT2D eigenvalue weighted by Crippen LogP contribution is 2.48. The Morgan fingerprint density at radius 3 is 2.26 bits per heavy atom. The molecule has 3 heteroatoms. The normalized spacial score (nSPS) is 19.6. The van der Waals surface area contributed by atoms with Crippen LogP contribution >= 0.6 is 11.8 Å². The Balaban J connectivity index is 2.02. The number of benzene rings is 2. The molecule has 0 aliphatic carbocycles. The quantitative estimate of drug-likeness (QED) is 0.802. The molecule has 1 aliphatic heterocycles. The van der Waals surface area contributed by atoms with E-state index in [1.165, 1.54) is 20.9 Å². The predicted molar refractivity (Wildman–Crippen MR) is 95.9 cm³/mol. The van der Waals surface area contributed by atoms with Gasteiger partial charge in [-0.3, -0.25) is 0 Å². The minimum Gasteiger partial charge on any atom is -0.309 e. The Labute approximate surface area is 143 Å². The van der Waals surface area contributed by atoms with Gasteiger partial charge in [0.05, 0.1) is 12.0 Å². The van der Waals surface area contributed by atoms with Crippen LogP contribution < -0.4 is 0 Å². The summed E-state index contributed by atoms with van der Waals surface area (Å²) in [6.07, 6.45) is 2.15. The third kappa shape index (κ3) is 3.44. The molecule has 0 radical (unpaired) electrons. The highest BCUT2D eigenvalue weighted by Gasteiger charge is 2.31. The van der Waals surface area contributed by atoms with Crippen molar-refractivity contribution >= 4 is 11.8 Å². The van der Waals surface area contributed by atoms with Crippen LogP contribution in [0.25, 0.3) is 0 Å². The van der Waals surface area contributed by atoms with Crippen molar-refractivity contribution in [3.63, 3.8) is 0 Å². The number of hydrogen-bond acceptors (Lipinski definition) is 3. The van der Waals surface area contributed by atoms with E-state index in [4.69, 9.17) is 0 Å². The second-order valence-electron chi connectivity index (χ2n) is 6.34. The van der Waals surface area contributed by atoms with Crippen molar-refractivity contribution in [1.29, 1.82) is 5.26 Å². The molecule has 2 unspecified atom stereocenters. The van der Waals surface area contributed by atoms with Crippen LogP contribution in [0.3, 0.4) is 0 Å². The van der Waals surface area contributed by atoms with E-state index in [1.54, 1.807) is 11.8 Å². The lowest BCUT2D eigenvalue weighted by Gasteiger charge is -2.23. The number of nitrogens with zero attached hydrogens (tertiary/aromatic N) is 2. The summed E-state index contributed by atoms with van der Waals surface area (Å²) in [5.41, 5.74) is 2.52. The van der Waals surface area contributed by atoms with E-state index in [0.29, 0.717) is 0 Å². The van der Waals surface area contributed by atoms with E-state index in [-0.39, 0.29) is 11.8 Å². The fourth-order valence-corrected chi connectivity index (χ4v) is 4.51. The molecule has 2 aromatic rings. The fourth-order valence-electron chi connectivity index (χ4n) is 3.33. The minimum atomic E-state index is -0.0653. The van der Waals surface area contributed by atoms with E-state index >= 15 is 0 Å². The van der Waals surface area contributed by atoms with Crippen LogP contribution in [0.1, 0.15) is 35.8 Å². The zero-order valence-electron chi connectivity index (χ0n) is 13.7. The van der Waals surface area contributed by atoms with E-state index in [9.17, 15) is 5.26 Å². The number of hydrogen-bond donors (Lipinski definition) is 0. The van der Waals surface area contributed by atoms with Gasteiger partial charge in [0, 0.05) is 15.7 Å². The Kier molecular flexibility index (Phi) is 5.05. The average molecular weight is 322 g/mol. The van der Waals surface area contributed by atoms with Crippen LogP contribution in [0.2, 0.25) is 0 Å². The molecular weight excluding hydrogens is 300 g/mol. The van der Waals surface area contributed by atoms with Crippen molar-refractivity contribution in [2.24, 2.45) is 0 Å². The summed E-state index contributed by atoms with van der Waals surface area (Å²) in [5.74, 6) is 0.205. The van der Waals surface area contributed by atoms with Crippen LogP contribution in [0.5, 0.6) is 0 Å². The topological polar surface area (TPSA) is 27.0 Å². The smallest absolute Gasteiger partial charge is 0.0792 e. The lowest BCUT2D eigenvalue weighted by Crippen LogP contribution is -2.16. The van der Waals surface area contributed by atoms with Gasteiger partial charge < -0.3 is 4.90 Å². The SMILES string of the molecule is CN(C)CCCC1c2ccccc2Sc2ccccc2C1C#N. The molecule has 2 nitrogen and oxygen atoms in total. The van der Waals surface area contributed by atoms with Crippen molar-refractivity contribution in [3.05, 3.63) is 59.7 Å². The molecule has 2 atom stereocenters. The molecule has 0 amide bonds. The highest BCUT2D eigenvalue weighted by atomic mass is 32.2. The fraction of sp³-hybridized carbons (Fsp3) is 0.350. The van der Waals surface area contributed by atoms with E-state index < -0.39 is 0 Å². The van der Waals surface area contributed by atoms with Crippen molar-refractivity contribution in [2.45, 2.75) is 34.5 Å². The molecule has 0 aromatic heterocycles. The Morgan fingerprint density at radius 2 is 1.61 bits per heavy atom. The van der Waals surface area contributed by atoms with Crippen molar-refractivity contribution in [2.75, 3.05) is 20.6 Å². The first-order valence-corrected chi connectivity index (χ1v) is 8.92. The molecule has 23 heavy (non-hydrogen) atoms. The van der Waals surface area contributed by atoms with Crippen LogP contribution in [0.15, 0.2) is 58.3 Å². The van der Waals surface area contributed by atoms with E-state index in [2.05, 4.69) is 73.6 Å². The first-order valence-electron chi connectivity index (χ1n) is 8.10. The van der Waals surface area contributed by atoms with Crippen LogP contribution in [0, 0.1) is 11.3 Å². The van der Waals surface area contributed by atoms with Crippen molar-refractivity contribution < 1.29 is 0 Å². The third-order valence-corrected chi connectivity index (χ3v) is 5.64.